The van der Waals surface area contributed by atoms with Crippen molar-refractivity contribution < 1.29 is 17.9 Å². The molecule has 0 bridgehead atoms. The first-order valence-electron chi connectivity index (χ1n) is 9.00. The Morgan fingerprint density at radius 3 is 2.46 bits per heavy atom. The lowest BCUT2D eigenvalue weighted by molar-refractivity contribution is 0.0930. The number of ether oxygens (including phenoxy) is 1. The molecule has 2 aromatic carbocycles. The summed E-state index contributed by atoms with van der Waals surface area (Å²) in [6.45, 7) is 8.30. The maximum Gasteiger partial charge on any atom is 0.261 e. The van der Waals surface area contributed by atoms with Crippen LogP contribution in [-0.2, 0) is 10.0 Å². The van der Waals surface area contributed by atoms with E-state index in [0.29, 0.717) is 28.1 Å². The monoisotopic (exact) mass is 468 g/mol. The van der Waals surface area contributed by atoms with Crippen LogP contribution in [-0.4, -0.2) is 27.0 Å². The van der Waals surface area contributed by atoms with Gasteiger partial charge in [0.25, 0.3) is 15.9 Å². The minimum atomic E-state index is -3.85. The van der Waals surface area contributed by atoms with Crippen LogP contribution in [0.2, 0.25) is 0 Å². The molecule has 2 aromatic rings. The molecule has 6 nitrogen and oxygen atoms in total. The molecule has 8 heteroatoms. The number of anilines is 1. The topological polar surface area (TPSA) is 84.5 Å². The molecular formula is C20H25BrN2O4S. The second kappa shape index (κ2) is 9.43. The number of benzene rings is 2. The van der Waals surface area contributed by atoms with Crippen molar-refractivity contribution in [3.05, 3.63) is 52.5 Å². The third-order valence-electron chi connectivity index (χ3n) is 4.25. The number of nitrogens with one attached hydrogen (secondary N) is 2. The van der Waals surface area contributed by atoms with Gasteiger partial charge < -0.3 is 10.1 Å². The van der Waals surface area contributed by atoms with E-state index in [2.05, 4.69) is 26.0 Å². The summed E-state index contributed by atoms with van der Waals surface area (Å²) in [5.74, 6) is 0.598. The zero-order valence-electron chi connectivity index (χ0n) is 16.3. The molecule has 0 heterocycles. The Morgan fingerprint density at radius 2 is 1.86 bits per heavy atom. The Balaban J connectivity index is 2.22. The summed E-state index contributed by atoms with van der Waals surface area (Å²) in [6, 6.07) is 10.9. The highest BCUT2D eigenvalue weighted by Gasteiger charge is 2.18. The van der Waals surface area contributed by atoms with Gasteiger partial charge in [-0.3, -0.25) is 9.52 Å². The van der Waals surface area contributed by atoms with Crippen molar-refractivity contribution in [3.63, 3.8) is 0 Å². The number of hydrogen-bond donors (Lipinski definition) is 2. The molecule has 2 N–H and O–H groups in total. The first kappa shape index (κ1) is 22.2. The second-order valence-electron chi connectivity index (χ2n) is 6.72. The highest BCUT2D eigenvalue weighted by molar-refractivity contribution is 9.10. The second-order valence-corrected chi connectivity index (χ2v) is 9.25. The van der Waals surface area contributed by atoms with Crippen molar-refractivity contribution in [1.29, 1.82) is 0 Å². The highest BCUT2D eigenvalue weighted by Crippen LogP contribution is 2.29. The van der Waals surface area contributed by atoms with Crippen LogP contribution in [0.15, 0.2) is 51.8 Å². The third kappa shape index (κ3) is 5.72. The van der Waals surface area contributed by atoms with E-state index in [0.717, 1.165) is 0 Å². The molecule has 0 aliphatic rings. The minimum Gasteiger partial charge on any atom is -0.493 e. The first-order valence-corrected chi connectivity index (χ1v) is 11.3. The smallest absolute Gasteiger partial charge is 0.261 e. The molecule has 0 aromatic heterocycles. The first-order chi connectivity index (χ1) is 13.1. The lowest BCUT2D eigenvalue weighted by Gasteiger charge is -2.17. The van der Waals surface area contributed by atoms with Crippen molar-refractivity contribution in [1.82, 2.24) is 5.32 Å². The largest absolute Gasteiger partial charge is 0.493 e. The Morgan fingerprint density at radius 1 is 1.14 bits per heavy atom. The van der Waals surface area contributed by atoms with E-state index < -0.39 is 10.0 Å². The van der Waals surface area contributed by atoms with Crippen LogP contribution >= 0.6 is 15.9 Å². The molecular weight excluding hydrogens is 444 g/mol. The number of hydrogen-bond acceptors (Lipinski definition) is 4. The van der Waals surface area contributed by atoms with Gasteiger partial charge in [0.1, 0.15) is 5.75 Å². The fraction of sp³-hybridized carbons (Fsp3) is 0.350. The van der Waals surface area contributed by atoms with E-state index in [-0.39, 0.29) is 22.8 Å². The van der Waals surface area contributed by atoms with Crippen molar-refractivity contribution in [2.75, 3.05) is 11.3 Å². The number of sulfonamides is 1. The van der Waals surface area contributed by atoms with Crippen molar-refractivity contribution in [2.24, 2.45) is 5.92 Å². The Bertz CT molecular complexity index is 945. The van der Waals surface area contributed by atoms with Crippen molar-refractivity contribution in [2.45, 2.75) is 38.6 Å². The molecule has 0 spiro atoms. The third-order valence-corrected chi connectivity index (χ3v) is 6.25. The fourth-order valence-electron chi connectivity index (χ4n) is 2.31. The van der Waals surface area contributed by atoms with Crippen LogP contribution in [0.5, 0.6) is 5.75 Å². The van der Waals surface area contributed by atoms with E-state index in [1.165, 1.54) is 12.1 Å². The van der Waals surface area contributed by atoms with E-state index in [1.54, 1.807) is 30.3 Å². The minimum absolute atomic E-state index is 0.0161. The van der Waals surface area contributed by atoms with Crippen molar-refractivity contribution >= 4 is 37.5 Å². The van der Waals surface area contributed by atoms with Crippen LogP contribution < -0.4 is 14.8 Å². The summed E-state index contributed by atoms with van der Waals surface area (Å²) in [5.41, 5.74) is 0.682. The molecule has 0 aliphatic heterocycles. The number of carbonyl (C=O) groups is 1. The average Bonchev–Trinajstić information content (AvgIpc) is 2.63. The van der Waals surface area contributed by atoms with Gasteiger partial charge in [-0.25, -0.2) is 8.42 Å². The summed E-state index contributed by atoms with van der Waals surface area (Å²) < 4.78 is 34.1. The quantitative estimate of drug-likeness (QED) is 0.600. The number of halogens is 1. The number of carbonyl (C=O) groups excluding carboxylic acids is 1. The molecule has 28 heavy (non-hydrogen) atoms. The predicted molar refractivity (Wildman–Crippen MR) is 114 cm³/mol. The maximum absolute atomic E-state index is 12.7. The zero-order chi connectivity index (χ0) is 20.9. The highest BCUT2D eigenvalue weighted by atomic mass is 79.9. The molecule has 2 rings (SSSR count). The van der Waals surface area contributed by atoms with Crippen LogP contribution in [0, 0.1) is 5.92 Å². The fourth-order valence-corrected chi connectivity index (χ4v) is 3.90. The maximum atomic E-state index is 12.7. The summed E-state index contributed by atoms with van der Waals surface area (Å²) in [6.07, 6.45) is 0. The van der Waals surface area contributed by atoms with Gasteiger partial charge in [0, 0.05) is 11.6 Å². The van der Waals surface area contributed by atoms with Crippen LogP contribution in [0.25, 0.3) is 0 Å². The van der Waals surface area contributed by atoms with Gasteiger partial charge in [0.05, 0.1) is 21.7 Å². The van der Waals surface area contributed by atoms with Crippen molar-refractivity contribution in [3.8, 4) is 5.75 Å². The molecule has 1 unspecified atom stereocenters. The Labute approximate surface area is 174 Å². The van der Waals surface area contributed by atoms with Gasteiger partial charge in [-0.2, -0.15) is 0 Å². The van der Waals surface area contributed by atoms with Gasteiger partial charge >= 0.3 is 0 Å². The van der Waals surface area contributed by atoms with Gasteiger partial charge in [0.2, 0.25) is 0 Å². The Hall–Kier alpha value is -2.06. The van der Waals surface area contributed by atoms with E-state index in [1.807, 2.05) is 27.7 Å². The molecule has 0 saturated heterocycles. The van der Waals surface area contributed by atoms with Gasteiger partial charge in [-0.15, -0.1) is 0 Å². The van der Waals surface area contributed by atoms with Crippen LogP contribution in [0.1, 0.15) is 38.1 Å². The van der Waals surface area contributed by atoms with Crippen LogP contribution in [0.4, 0.5) is 5.69 Å². The molecule has 0 aliphatic carbocycles. The summed E-state index contributed by atoms with van der Waals surface area (Å²) in [7, 11) is -3.85. The van der Waals surface area contributed by atoms with Gasteiger partial charge in [-0.05, 0) is 72.1 Å². The SMILES string of the molecule is CCOc1ccc(NS(=O)(=O)c2cccc(C(=O)NC(C)C(C)C)c2)cc1Br. The standard InChI is InChI=1S/C20H25BrN2O4S/c1-5-27-19-10-9-16(12-18(19)21)23-28(25,26)17-8-6-7-15(11-17)20(24)22-14(4)13(2)3/h6-14,23H,5H2,1-4H3,(H,22,24). The molecule has 1 amide bonds. The lowest BCUT2D eigenvalue weighted by Crippen LogP contribution is -2.36. The average molecular weight is 469 g/mol. The van der Waals surface area contributed by atoms with E-state index in [9.17, 15) is 13.2 Å². The number of rotatable bonds is 8. The van der Waals surface area contributed by atoms with Gasteiger partial charge in [0.15, 0.2) is 0 Å². The zero-order valence-corrected chi connectivity index (χ0v) is 18.7. The predicted octanol–water partition coefficient (Wildman–Crippen LogP) is 4.42. The molecule has 0 fully saturated rings. The lowest BCUT2D eigenvalue weighted by atomic mass is 10.1. The molecule has 0 saturated carbocycles. The molecule has 152 valence electrons. The summed E-state index contributed by atoms with van der Waals surface area (Å²) in [5, 5.41) is 2.88. The normalized spacial score (nSPS) is 12.5. The Kier molecular flexibility index (Phi) is 7.48. The molecule has 1 atom stereocenters. The molecule has 0 radical (unpaired) electrons. The van der Waals surface area contributed by atoms with E-state index in [4.69, 9.17) is 4.74 Å². The number of amides is 1. The summed E-state index contributed by atoms with van der Waals surface area (Å²) >= 11 is 3.36. The van der Waals surface area contributed by atoms with Gasteiger partial charge in [-0.1, -0.05) is 19.9 Å². The van der Waals surface area contributed by atoms with Crippen LogP contribution in [0.3, 0.4) is 0 Å². The summed E-state index contributed by atoms with van der Waals surface area (Å²) in [4.78, 5) is 12.4. The van der Waals surface area contributed by atoms with E-state index >= 15 is 0 Å².